The molecule has 0 saturated carbocycles. The Bertz CT molecular complexity index is 296. The molecule has 0 amide bonds. The van der Waals surface area contributed by atoms with E-state index in [1.165, 1.54) is 12.1 Å². The zero-order valence-electron chi connectivity index (χ0n) is 9.18. The molecule has 78 valence electrons. The summed E-state index contributed by atoms with van der Waals surface area (Å²) < 4.78 is 0. The Balaban J connectivity index is 2.88. The lowest BCUT2D eigenvalue weighted by Crippen LogP contribution is -2.23. The lowest BCUT2D eigenvalue weighted by molar-refractivity contribution is 0.791. The minimum atomic E-state index is 0.848. The van der Waals surface area contributed by atoms with Gasteiger partial charge in [0.1, 0.15) is 0 Å². The van der Waals surface area contributed by atoms with E-state index in [-0.39, 0.29) is 0 Å². The van der Waals surface area contributed by atoms with Crippen molar-refractivity contribution < 1.29 is 0 Å². The third kappa shape index (κ3) is 2.65. The highest BCUT2D eigenvalue weighted by Crippen LogP contribution is 2.22. The molecule has 0 spiro atoms. The summed E-state index contributed by atoms with van der Waals surface area (Å²) in [4.78, 5) is 2.36. The normalized spacial score (nSPS) is 10.3. The van der Waals surface area contributed by atoms with Gasteiger partial charge in [0.05, 0.1) is 0 Å². The second kappa shape index (κ2) is 5.26. The van der Waals surface area contributed by atoms with E-state index in [0.717, 1.165) is 23.7 Å². The van der Waals surface area contributed by atoms with Crippen LogP contribution in [0.25, 0.3) is 0 Å². The monoisotopic (exact) mass is 211 g/mol. The van der Waals surface area contributed by atoms with Crippen molar-refractivity contribution in [1.82, 2.24) is 0 Å². The molecular weight excluding hydrogens is 194 g/mol. The molecule has 1 nitrogen and oxygen atoms in total. The van der Waals surface area contributed by atoms with Gasteiger partial charge >= 0.3 is 0 Å². The van der Waals surface area contributed by atoms with Crippen molar-refractivity contribution in [3.05, 3.63) is 28.8 Å². The first kappa shape index (κ1) is 11.4. The molecule has 0 fully saturated rings. The largest absolute Gasteiger partial charge is 0.372 e. The number of anilines is 1. The molecular formula is C12H18ClN. The van der Waals surface area contributed by atoms with Crippen LogP contribution in [0.5, 0.6) is 0 Å². The summed E-state index contributed by atoms with van der Waals surface area (Å²) in [6, 6.07) is 6.22. The Labute approximate surface area is 91.7 Å². The highest BCUT2D eigenvalue weighted by atomic mass is 35.5. The van der Waals surface area contributed by atoms with Gasteiger partial charge in [-0.25, -0.2) is 0 Å². The number of hydrogen-bond donors (Lipinski definition) is 0. The minimum absolute atomic E-state index is 0.848. The molecule has 0 atom stereocenters. The van der Waals surface area contributed by atoms with E-state index in [1.54, 1.807) is 0 Å². The summed E-state index contributed by atoms with van der Waals surface area (Å²) in [5, 5.41) is 0.848. The van der Waals surface area contributed by atoms with Crippen molar-refractivity contribution >= 4 is 17.3 Å². The quantitative estimate of drug-likeness (QED) is 0.731. The Kier molecular flexibility index (Phi) is 4.27. The summed E-state index contributed by atoms with van der Waals surface area (Å²) in [7, 11) is 0. The highest BCUT2D eigenvalue weighted by Gasteiger charge is 2.04. The summed E-state index contributed by atoms with van der Waals surface area (Å²) >= 11 is 5.99. The van der Waals surface area contributed by atoms with Crippen LogP contribution < -0.4 is 4.90 Å². The van der Waals surface area contributed by atoms with Gasteiger partial charge in [-0.05, 0) is 44.0 Å². The lowest BCUT2D eigenvalue weighted by atomic mass is 10.2. The standard InChI is InChI=1S/C12H18ClN/c1-4-8-14(5-2)11-6-7-12(13)10(3)9-11/h6-7,9H,4-5,8H2,1-3H3. The molecule has 0 N–H and O–H groups in total. The van der Waals surface area contributed by atoms with E-state index in [0.29, 0.717) is 0 Å². The molecule has 0 aliphatic rings. The van der Waals surface area contributed by atoms with Gasteiger partial charge in [-0.1, -0.05) is 18.5 Å². The fourth-order valence-electron chi connectivity index (χ4n) is 1.57. The number of nitrogens with zero attached hydrogens (tertiary/aromatic N) is 1. The summed E-state index contributed by atoms with van der Waals surface area (Å²) in [6.07, 6.45) is 1.18. The third-order valence-corrected chi connectivity index (χ3v) is 2.81. The maximum absolute atomic E-state index is 5.99. The number of halogens is 1. The molecule has 1 aromatic carbocycles. The van der Waals surface area contributed by atoms with Crippen molar-refractivity contribution in [3.8, 4) is 0 Å². The van der Waals surface area contributed by atoms with Gasteiger partial charge in [0.15, 0.2) is 0 Å². The molecule has 0 aromatic heterocycles. The van der Waals surface area contributed by atoms with Crippen LogP contribution in [0.15, 0.2) is 18.2 Å². The van der Waals surface area contributed by atoms with Crippen molar-refractivity contribution in [2.24, 2.45) is 0 Å². The maximum atomic E-state index is 5.99. The molecule has 14 heavy (non-hydrogen) atoms. The molecule has 0 radical (unpaired) electrons. The number of benzene rings is 1. The van der Waals surface area contributed by atoms with E-state index < -0.39 is 0 Å². The molecule has 0 unspecified atom stereocenters. The van der Waals surface area contributed by atoms with Gasteiger partial charge < -0.3 is 4.90 Å². The van der Waals surface area contributed by atoms with Gasteiger partial charge in [0, 0.05) is 23.8 Å². The van der Waals surface area contributed by atoms with Crippen LogP contribution in [0, 0.1) is 6.92 Å². The average Bonchev–Trinajstić information content (AvgIpc) is 2.19. The maximum Gasteiger partial charge on any atom is 0.0436 e. The van der Waals surface area contributed by atoms with Gasteiger partial charge in [0.2, 0.25) is 0 Å². The highest BCUT2D eigenvalue weighted by molar-refractivity contribution is 6.31. The van der Waals surface area contributed by atoms with Crippen LogP contribution in [0.1, 0.15) is 25.8 Å². The zero-order valence-corrected chi connectivity index (χ0v) is 9.93. The fraction of sp³-hybridized carbons (Fsp3) is 0.500. The molecule has 0 aliphatic carbocycles. The van der Waals surface area contributed by atoms with Gasteiger partial charge in [0.25, 0.3) is 0 Å². The summed E-state index contributed by atoms with van der Waals surface area (Å²) in [5.41, 5.74) is 2.43. The fourth-order valence-corrected chi connectivity index (χ4v) is 1.68. The Morgan fingerprint density at radius 1 is 1.29 bits per heavy atom. The number of rotatable bonds is 4. The predicted octanol–water partition coefficient (Wildman–Crippen LogP) is 3.88. The predicted molar refractivity (Wildman–Crippen MR) is 64.4 cm³/mol. The number of hydrogen-bond acceptors (Lipinski definition) is 1. The second-order valence-electron chi connectivity index (χ2n) is 3.51. The Morgan fingerprint density at radius 3 is 2.50 bits per heavy atom. The molecule has 2 heteroatoms. The van der Waals surface area contributed by atoms with Gasteiger partial charge in [-0.3, -0.25) is 0 Å². The van der Waals surface area contributed by atoms with Gasteiger partial charge in [-0.2, -0.15) is 0 Å². The van der Waals surface area contributed by atoms with Crippen LogP contribution in [0.3, 0.4) is 0 Å². The van der Waals surface area contributed by atoms with Crippen LogP contribution in [0.2, 0.25) is 5.02 Å². The Hall–Kier alpha value is -0.690. The van der Waals surface area contributed by atoms with Crippen LogP contribution >= 0.6 is 11.6 Å². The minimum Gasteiger partial charge on any atom is -0.372 e. The smallest absolute Gasteiger partial charge is 0.0436 e. The third-order valence-electron chi connectivity index (χ3n) is 2.38. The van der Waals surface area contributed by atoms with Crippen LogP contribution in [-0.4, -0.2) is 13.1 Å². The first-order chi connectivity index (χ1) is 6.69. The summed E-state index contributed by atoms with van der Waals surface area (Å²) in [5.74, 6) is 0. The lowest BCUT2D eigenvalue weighted by Gasteiger charge is -2.22. The SMILES string of the molecule is CCCN(CC)c1ccc(Cl)c(C)c1. The van der Waals surface area contributed by atoms with Gasteiger partial charge in [-0.15, -0.1) is 0 Å². The van der Waals surface area contributed by atoms with E-state index in [1.807, 2.05) is 13.0 Å². The van der Waals surface area contributed by atoms with Crippen molar-refractivity contribution in [1.29, 1.82) is 0 Å². The summed E-state index contributed by atoms with van der Waals surface area (Å²) in [6.45, 7) is 8.59. The van der Waals surface area contributed by atoms with E-state index in [4.69, 9.17) is 11.6 Å². The first-order valence-electron chi connectivity index (χ1n) is 5.20. The zero-order chi connectivity index (χ0) is 10.6. The molecule has 1 rings (SSSR count). The van der Waals surface area contributed by atoms with Crippen molar-refractivity contribution in [3.63, 3.8) is 0 Å². The van der Waals surface area contributed by atoms with E-state index >= 15 is 0 Å². The van der Waals surface area contributed by atoms with E-state index in [2.05, 4.69) is 30.9 Å². The average molecular weight is 212 g/mol. The Morgan fingerprint density at radius 2 is 2.00 bits per heavy atom. The topological polar surface area (TPSA) is 3.24 Å². The second-order valence-corrected chi connectivity index (χ2v) is 3.92. The van der Waals surface area contributed by atoms with E-state index in [9.17, 15) is 0 Å². The number of aryl methyl sites for hydroxylation is 1. The molecule has 0 heterocycles. The molecule has 0 bridgehead atoms. The molecule has 0 aliphatic heterocycles. The first-order valence-corrected chi connectivity index (χ1v) is 5.58. The molecule has 0 saturated heterocycles. The van der Waals surface area contributed by atoms with Crippen LogP contribution in [-0.2, 0) is 0 Å². The van der Waals surface area contributed by atoms with Crippen molar-refractivity contribution in [2.75, 3.05) is 18.0 Å². The molecule has 1 aromatic rings. The van der Waals surface area contributed by atoms with Crippen LogP contribution in [0.4, 0.5) is 5.69 Å². The van der Waals surface area contributed by atoms with Crippen molar-refractivity contribution in [2.45, 2.75) is 27.2 Å².